The Hall–Kier alpha value is -1.22. The van der Waals surface area contributed by atoms with Crippen LogP contribution in [-0.2, 0) is 0 Å². The molecule has 1 saturated heterocycles. The first-order valence-electron chi connectivity index (χ1n) is 8.47. The van der Waals surface area contributed by atoms with Gasteiger partial charge >= 0.3 is 0 Å². The van der Waals surface area contributed by atoms with Crippen molar-refractivity contribution in [1.82, 2.24) is 5.32 Å². The first-order valence-corrected chi connectivity index (χ1v) is 8.47. The van der Waals surface area contributed by atoms with Gasteiger partial charge in [-0.2, -0.15) is 0 Å². The lowest BCUT2D eigenvalue weighted by atomic mass is 9.81. The molecule has 1 spiro atoms. The quantitative estimate of drug-likeness (QED) is 0.901. The Morgan fingerprint density at radius 1 is 1.05 bits per heavy atom. The zero-order valence-electron chi connectivity index (χ0n) is 13.6. The van der Waals surface area contributed by atoms with E-state index in [0.717, 1.165) is 6.54 Å². The van der Waals surface area contributed by atoms with Gasteiger partial charge in [-0.15, -0.1) is 0 Å². The number of hydrogen-bond donors (Lipinski definition) is 1. The molecule has 1 aliphatic heterocycles. The van der Waals surface area contributed by atoms with Crippen LogP contribution in [-0.4, -0.2) is 39.3 Å². The fraction of sp³-hybridized carbons (Fsp3) is 0.667. The third-order valence-corrected chi connectivity index (χ3v) is 5.11. The fourth-order valence-corrected chi connectivity index (χ4v) is 4.00. The maximum Gasteiger partial charge on any atom is 0.0604 e. The van der Waals surface area contributed by atoms with Gasteiger partial charge in [0, 0.05) is 32.7 Å². The summed E-state index contributed by atoms with van der Waals surface area (Å²) in [5.41, 5.74) is 3.09. The van der Waals surface area contributed by atoms with Crippen molar-refractivity contribution in [2.45, 2.75) is 44.1 Å². The molecule has 0 unspecified atom stereocenters. The molecule has 2 aliphatic rings. The molecule has 2 fully saturated rings. The zero-order valence-corrected chi connectivity index (χ0v) is 13.6. The highest BCUT2D eigenvalue weighted by atomic mass is 15.2. The highest BCUT2D eigenvalue weighted by Gasteiger charge is 2.35. The summed E-state index contributed by atoms with van der Waals surface area (Å²) in [6, 6.07) is 8.85. The van der Waals surface area contributed by atoms with Gasteiger partial charge in [-0.1, -0.05) is 31.4 Å². The number of rotatable bonds is 2. The first kappa shape index (κ1) is 14.7. The predicted octanol–water partition coefficient (Wildman–Crippen LogP) is 3.26. The molecule has 3 nitrogen and oxygen atoms in total. The van der Waals surface area contributed by atoms with E-state index >= 15 is 0 Å². The SMILES string of the molecule is CN(C)c1ccccc1N1CCCNC2(CCCCC2)C1. The molecule has 1 aromatic rings. The Morgan fingerprint density at radius 3 is 2.57 bits per heavy atom. The lowest BCUT2D eigenvalue weighted by Gasteiger charge is -2.41. The van der Waals surface area contributed by atoms with Crippen molar-refractivity contribution in [3.8, 4) is 0 Å². The molecule has 0 aromatic heterocycles. The van der Waals surface area contributed by atoms with Crippen molar-refractivity contribution < 1.29 is 0 Å². The fourth-order valence-electron chi connectivity index (χ4n) is 4.00. The number of benzene rings is 1. The topological polar surface area (TPSA) is 18.5 Å². The van der Waals surface area contributed by atoms with Crippen molar-refractivity contribution in [3.63, 3.8) is 0 Å². The van der Waals surface area contributed by atoms with Crippen LogP contribution in [0.4, 0.5) is 11.4 Å². The summed E-state index contributed by atoms with van der Waals surface area (Å²) in [7, 11) is 4.29. The Labute approximate surface area is 129 Å². The molecule has 0 bridgehead atoms. The Morgan fingerprint density at radius 2 is 1.81 bits per heavy atom. The summed E-state index contributed by atoms with van der Waals surface area (Å²) in [5, 5.41) is 3.89. The third-order valence-electron chi connectivity index (χ3n) is 5.11. The van der Waals surface area contributed by atoms with Crippen LogP contribution in [0.1, 0.15) is 38.5 Å². The molecule has 1 aromatic carbocycles. The second kappa shape index (κ2) is 6.27. The zero-order chi connectivity index (χ0) is 14.7. The minimum Gasteiger partial charge on any atom is -0.376 e. The van der Waals surface area contributed by atoms with E-state index in [2.05, 4.69) is 53.5 Å². The molecule has 1 saturated carbocycles. The van der Waals surface area contributed by atoms with Crippen molar-refractivity contribution in [2.24, 2.45) is 0 Å². The standard InChI is InChI=1S/C18H29N3/c1-20(2)16-9-4-5-10-17(16)21-14-8-13-19-18(15-21)11-6-3-7-12-18/h4-5,9-10,19H,3,6-8,11-15H2,1-2H3. The van der Waals surface area contributed by atoms with E-state index in [9.17, 15) is 0 Å². The van der Waals surface area contributed by atoms with E-state index in [-0.39, 0.29) is 0 Å². The van der Waals surface area contributed by atoms with E-state index < -0.39 is 0 Å². The minimum atomic E-state index is 0.355. The van der Waals surface area contributed by atoms with Crippen molar-refractivity contribution >= 4 is 11.4 Å². The van der Waals surface area contributed by atoms with E-state index in [1.165, 1.54) is 63.0 Å². The van der Waals surface area contributed by atoms with Crippen LogP contribution in [0.15, 0.2) is 24.3 Å². The van der Waals surface area contributed by atoms with Gasteiger partial charge in [0.2, 0.25) is 0 Å². The molecule has 0 atom stereocenters. The molecule has 1 aliphatic carbocycles. The Kier molecular flexibility index (Phi) is 4.39. The normalized spacial score (nSPS) is 22.1. The van der Waals surface area contributed by atoms with Crippen molar-refractivity contribution in [2.75, 3.05) is 43.5 Å². The molecule has 0 amide bonds. The number of anilines is 2. The lowest BCUT2D eigenvalue weighted by Crippen LogP contribution is -2.52. The number of nitrogens with zero attached hydrogens (tertiary/aromatic N) is 2. The molecule has 3 rings (SSSR count). The van der Waals surface area contributed by atoms with Gasteiger partial charge in [0.15, 0.2) is 0 Å². The highest BCUT2D eigenvalue weighted by Crippen LogP contribution is 2.35. The van der Waals surface area contributed by atoms with Crippen LogP contribution < -0.4 is 15.1 Å². The molecule has 1 N–H and O–H groups in total. The molecule has 3 heteroatoms. The first-order chi connectivity index (χ1) is 10.2. The summed E-state index contributed by atoms with van der Waals surface area (Å²) in [6.45, 7) is 3.50. The van der Waals surface area contributed by atoms with Crippen molar-refractivity contribution in [3.05, 3.63) is 24.3 Å². The van der Waals surface area contributed by atoms with Gasteiger partial charge in [0.05, 0.1) is 11.4 Å². The van der Waals surface area contributed by atoms with Crippen LogP contribution in [0.5, 0.6) is 0 Å². The van der Waals surface area contributed by atoms with E-state index in [1.54, 1.807) is 0 Å². The van der Waals surface area contributed by atoms with Crippen LogP contribution in [0.25, 0.3) is 0 Å². The van der Waals surface area contributed by atoms with Gasteiger partial charge in [-0.05, 0) is 37.9 Å². The van der Waals surface area contributed by atoms with Crippen molar-refractivity contribution in [1.29, 1.82) is 0 Å². The maximum absolute atomic E-state index is 3.89. The average Bonchev–Trinajstić information content (AvgIpc) is 2.71. The van der Waals surface area contributed by atoms with Crippen LogP contribution in [0.2, 0.25) is 0 Å². The summed E-state index contributed by atoms with van der Waals surface area (Å²) < 4.78 is 0. The average molecular weight is 287 g/mol. The molecular formula is C18H29N3. The van der Waals surface area contributed by atoms with Gasteiger partial charge < -0.3 is 15.1 Å². The maximum atomic E-state index is 3.89. The van der Waals surface area contributed by atoms with Gasteiger partial charge in [-0.3, -0.25) is 0 Å². The smallest absolute Gasteiger partial charge is 0.0604 e. The van der Waals surface area contributed by atoms with E-state index in [4.69, 9.17) is 0 Å². The molecule has 0 radical (unpaired) electrons. The van der Waals surface area contributed by atoms with Gasteiger partial charge in [0.1, 0.15) is 0 Å². The summed E-state index contributed by atoms with van der Waals surface area (Å²) >= 11 is 0. The second-order valence-electron chi connectivity index (χ2n) is 6.93. The lowest BCUT2D eigenvalue weighted by molar-refractivity contribution is 0.246. The summed E-state index contributed by atoms with van der Waals surface area (Å²) in [5.74, 6) is 0. The largest absolute Gasteiger partial charge is 0.376 e. The van der Waals surface area contributed by atoms with E-state index in [0.29, 0.717) is 5.54 Å². The predicted molar refractivity (Wildman–Crippen MR) is 91.4 cm³/mol. The van der Waals surface area contributed by atoms with Crippen LogP contribution >= 0.6 is 0 Å². The molecule has 1 heterocycles. The third kappa shape index (κ3) is 3.18. The Balaban J connectivity index is 1.87. The van der Waals surface area contributed by atoms with E-state index in [1.807, 2.05) is 0 Å². The second-order valence-corrected chi connectivity index (χ2v) is 6.93. The van der Waals surface area contributed by atoms with Crippen LogP contribution in [0, 0.1) is 0 Å². The monoisotopic (exact) mass is 287 g/mol. The number of para-hydroxylation sites is 2. The molecular weight excluding hydrogens is 258 g/mol. The van der Waals surface area contributed by atoms with Crippen LogP contribution in [0.3, 0.4) is 0 Å². The summed E-state index contributed by atoms with van der Waals surface area (Å²) in [6.07, 6.45) is 8.11. The summed E-state index contributed by atoms with van der Waals surface area (Å²) in [4.78, 5) is 4.86. The Bertz CT molecular complexity index is 463. The van der Waals surface area contributed by atoms with Gasteiger partial charge in [-0.25, -0.2) is 0 Å². The molecule has 21 heavy (non-hydrogen) atoms. The number of hydrogen-bond acceptors (Lipinski definition) is 3. The van der Waals surface area contributed by atoms with Gasteiger partial charge in [0.25, 0.3) is 0 Å². The number of nitrogens with one attached hydrogen (secondary N) is 1. The molecule has 116 valence electrons. The minimum absolute atomic E-state index is 0.355. The highest BCUT2D eigenvalue weighted by molar-refractivity contribution is 5.71.